The molecule has 0 fully saturated rings. The van der Waals surface area contributed by atoms with E-state index in [1.807, 2.05) is 24.3 Å². The third-order valence-corrected chi connectivity index (χ3v) is 2.90. The van der Waals surface area contributed by atoms with Gasteiger partial charge in [0.05, 0.1) is 0 Å². The number of ether oxygens (including phenoxy) is 1. The second-order valence-electron chi connectivity index (χ2n) is 4.24. The van der Waals surface area contributed by atoms with Gasteiger partial charge >= 0.3 is 0 Å². The van der Waals surface area contributed by atoms with Crippen molar-refractivity contribution in [3.05, 3.63) is 66.2 Å². The molecule has 0 radical (unpaired) electrons. The average molecular weight is 269 g/mol. The number of aromatic nitrogens is 3. The molecule has 3 aromatic rings. The number of rotatable bonds is 4. The van der Waals surface area contributed by atoms with Crippen molar-refractivity contribution in [1.82, 2.24) is 15.2 Å². The zero-order valence-corrected chi connectivity index (χ0v) is 10.6. The van der Waals surface area contributed by atoms with Crippen LogP contribution in [0.5, 0.6) is 5.75 Å². The lowest BCUT2D eigenvalue weighted by Gasteiger charge is -2.07. The van der Waals surface area contributed by atoms with Crippen LogP contribution >= 0.6 is 0 Å². The number of hydrogen-bond acceptors (Lipinski definition) is 3. The summed E-state index contributed by atoms with van der Waals surface area (Å²) in [7, 11) is 0. The van der Waals surface area contributed by atoms with Gasteiger partial charge in [-0.3, -0.25) is 0 Å². The van der Waals surface area contributed by atoms with E-state index in [2.05, 4.69) is 15.2 Å². The average Bonchev–Trinajstić information content (AvgIpc) is 3.01. The topological polar surface area (TPSA) is 50.8 Å². The van der Waals surface area contributed by atoms with E-state index in [1.54, 1.807) is 18.2 Å². The fourth-order valence-corrected chi connectivity index (χ4v) is 1.83. The number of H-pyrrole nitrogens is 1. The van der Waals surface area contributed by atoms with Crippen molar-refractivity contribution in [2.75, 3.05) is 0 Å². The van der Waals surface area contributed by atoms with Crippen molar-refractivity contribution in [3.63, 3.8) is 0 Å². The van der Waals surface area contributed by atoms with E-state index in [0.29, 0.717) is 17.1 Å². The number of hydrogen-bond donors (Lipinski definition) is 1. The molecule has 0 unspecified atom stereocenters. The molecule has 0 aliphatic heterocycles. The first-order chi connectivity index (χ1) is 9.83. The van der Waals surface area contributed by atoms with E-state index in [0.717, 1.165) is 5.56 Å². The van der Waals surface area contributed by atoms with Crippen LogP contribution in [0.25, 0.3) is 11.4 Å². The highest BCUT2D eigenvalue weighted by atomic mass is 19.1. The predicted molar refractivity (Wildman–Crippen MR) is 72.6 cm³/mol. The number of aromatic amines is 1. The first-order valence-electron chi connectivity index (χ1n) is 6.15. The van der Waals surface area contributed by atoms with E-state index < -0.39 is 0 Å². The van der Waals surface area contributed by atoms with Crippen LogP contribution in [-0.4, -0.2) is 15.2 Å². The summed E-state index contributed by atoms with van der Waals surface area (Å²) < 4.78 is 19.0. The smallest absolute Gasteiger partial charge is 0.161 e. The fraction of sp³-hybridized carbons (Fsp3) is 0.0667. The highest BCUT2D eigenvalue weighted by Crippen LogP contribution is 2.20. The van der Waals surface area contributed by atoms with Crippen LogP contribution < -0.4 is 4.74 Å². The van der Waals surface area contributed by atoms with Crippen LogP contribution in [0.2, 0.25) is 0 Å². The molecule has 3 rings (SSSR count). The molecule has 1 heterocycles. The van der Waals surface area contributed by atoms with Crippen molar-refractivity contribution in [2.45, 2.75) is 6.61 Å². The quantitative estimate of drug-likeness (QED) is 0.791. The molecule has 100 valence electrons. The second-order valence-corrected chi connectivity index (χ2v) is 4.24. The minimum atomic E-state index is -0.259. The van der Waals surface area contributed by atoms with Gasteiger partial charge in [-0.05, 0) is 30.3 Å². The highest BCUT2D eigenvalue weighted by Gasteiger charge is 2.03. The van der Waals surface area contributed by atoms with E-state index in [1.165, 1.54) is 12.4 Å². The third-order valence-electron chi connectivity index (χ3n) is 2.90. The maximum Gasteiger partial charge on any atom is 0.161 e. The summed E-state index contributed by atoms with van der Waals surface area (Å²) in [6.45, 7) is 0.203. The van der Waals surface area contributed by atoms with Crippen LogP contribution in [0.4, 0.5) is 4.39 Å². The Morgan fingerprint density at radius 3 is 2.55 bits per heavy atom. The largest absolute Gasteiger partial charge is 0.489 e. The normalized spacial score (nSPS) is 10.4. The molecular formula is C15H12FN3O. The molecular weight excluding hydrogens is 257 g/mol. The summed E-state index contributed by atoms with van der Waals surface area (Å²) in [6.07, 6.45) is 1.53. The highest BCUT2D eigenvalue weighted by molar-refractivity contribution is 5.55. The van der Waals surface area contributed by atoms with Gasteiger partial charge in [-0.1, -0.05) is 18.2 Å². The van der Waals surface area contributed by atoms with Gasteiger partial charge in [0.1, 0.15) is 24.5 Å². The molecule has 20 heavy (non-hydrogen) atoms. The van der Waals surface area contributed by atoms with E-state index >= 15 is 0 Å². The zero-order chi connectivity index (χ0) is 13.8. The van der Waals surface area contributed by atoms with Gasteiger partial charge < -0.3 is 9.72 Å². The lowest BCUT2D eigenvalue weighted by Crippen LogP contribution is -1.98. The predicted octanol–water partition coefficient (Wildman–Crippen LogP) is 3.19. The molecule has 0 saturated carbocycles. The molecule has 1 aromatic heterocycles. The van der Waals surface area contributed by atoms with Crippen molar-refractivity contribution in [1.29, 1.82) is 0 Å². The fourth-order valence-electron chi connectivity index (χ4n) is 1.83. The van der Waals surface area contributed by atoms with Gasteiger partial charge in [0.15, 0.2) is 5.82 Å². The SMILES string of the molecule is Fc1ccccc1COc1ccc(-c2nnc[nH]2)cc1. The first kappa shape index (κ1) is 12.3. The molecule has 5 heteroatoms. The van der Waals surface area contributed by atoms with Crippen LogP contribution in [0.1, 0.15) is 5.56 Å². The van der Waals surface area contributed by atoms with Gasteiger partial charge in [0, 0.05) is 11.1 Å². The molecule has 1 N–H and O–H groups in total. The molecule has 0 aliphatic rings. The minimum absolute atomic E-state index is 0.203. The van der Waals surface area contributed by atoms with Crippen molar-refractivity contribution >= 4 is 0 Å². The number of halogens is 1. The van der Waals surface area contributed by atoms with E-state index in [-0.39, 0.29) is 12.4 Å². The lowest BCUT2D eigenvalue weighted by molar-refractivity contribution is 0.300. The second kappa shape index (κ2) is 5.52. The number of nitrogens with zero attached hydrogens (tertiary/aromatic N) is 2. The lowest BCUT2D eigenvalue weighted by atomic mass is 10.2. The Labute approximate surface area is 115 Å². The van der Waals surface area contributed by atoms with Gasteiger partial charge in [0.2, 0.25) is 0 Å². The number of nitrogens with one attached hydrogen (secondary N) is 1. The van der Waals surface area contributed by atoms with Gasteiger partial charge in [-0.25, -0.2) is 4.39 Å². The minimum Gasteiger partial charge on any atom is -0.489 e. The monoisotopic (exact) mass is 269 g/mol. The van der Waals surface area contributed by atoms with Crippen LogP contribution in [0.15, 0.2) is 54.9 Å². The molecule has 2 aromatic carbocycles. The molecule has 0 spiro atoms. The van der Waals surface area contributed by atoms with Gasteiger partial charge in [-0.2, -0.15) is 0 Å². The Balaban J connectivity index is 1.68. The number of benzene rings is 2. The Bertz CT molecular complexity index is 681. The maximum atomic E-state index is 13.4. The molecule has 0 amide bonds. The van der Waals surface area contributed by atoms with Crippen LogP contribution in [-0.2, 0) is 6.61 Å². The van der Waals surface area contributed by atoms with Crippen molar-refractivity contribution in [3.8, 4) is 17.1 Å². The zero-order valence-electron chi connectivity index (χ0n) is 10.6. The third kappa shape index (κ3) is 2.66. The van der Waals surface area contributed by atoms with Crippen LogP contribution in [0.3, 0.4) is 0 Å². The Hall–Kier alpha value is -2.69. The summed E-state index contributed by atoms with van der Waals surface area (Å²) in [4.78, 5) is 2.93. The maximum absolute atomic E-state index is 13.4. The van der Waals surface area contributed by atoms with Gasteiger partial charge in [-0.15, -0.1) is 10.2 Å². The Morgan fingerprint density at radius 2 is 1.85 bits per heavy atom. The van der Waals surface area contributed by atoms with E-state index in [4.69, 9.17) is 4.74 Å². The molecule has 4 nitrogen and oxygen atoms in total. The molecule has 0 atom stereocenters. The van der Waals surface area contributed by atoms with Crippen LogP contribution in [0, 0.1) is 5.82 Å². The summed E-state index contributed by atoms with van der Waals surface area (Å²) in [5.41, 5.74) is 1.45. The summed E-state index contributed by atoms with van der Waals surface area (Å²) in [6, 6.07) is 14.0. The summed E-state index contributed by atoms with van der Waals surface area (Å²) in [5, 5.41) is 7.65. The van der Waals surface area contributed by atoms with E-state index in [9.17, 15) is 4.39 Å². The molecule has 0 bridgehead atoms. The molecule has 0 saturated heterocycles. The summed E-state index contributed by atoms with van der Waals surface area (Å²) in [5.74, 6) is 1.12. The summed E-state index contributed by atoms with van der Waals surface area (Å²) >= 11 is 0. The molecule has 0 aliphatic carbocycles. The standard InChI is InChI=1S/C15H12FN3O/c16-14-4-2-1-3-12(14)9-20-13-7-5-11(6-8-13)15-17-10-18-19-15/h1-8,10H,9H2,(H,17,18,19). The Kier molecular flexibility index (Phi) is 3.41. The van der Waals surface area contributed by atoms with Crippen molar-refractivity contribution in [2.24, 2.45) is 0 Å². The van der Waals surface area contributed by atoms with Gasteiger partial charge in [0.25, 0.3) is 0 Å². The van der Waals surface area contributed by atoms with Crippen molar-refractivity contribution < 1.29 is 9.13 Å². The Morgan fingerprint density at radius 1 is 1.05 bits per heavy atom. The first-order valence-corrected chi connectivity index (χ1v) is 6.15.